The van der Waals surface area contributed by atoms with Crippen LogP contribution in [0.3, 0.4) is 0 Å². The largest absolute Gasteiger partial charge is 0.496 e. The number of rotatable bonds is 3. The van der Waals surface area contributed by atoms with Crippen molar-refractivity contribution in [3.8, 4) is 5.75 Å². The molecule has 0 aliphatic rings. The maximum Gasteiger partial charge on any atom is 0.182 e. The van der Waals surface area contributed by atoms with Crippen LogP contribution in [-0.4, -0.2) is 18.4 Å². The van der Waals surface area contributed by atoms with Gasteiger partial charge < -0.3 is 10.5 Å². The second-order valence-electron chi connectivity index (χ2n) is 4.62. The van der Waals surface area contributed by atoms with Crippen LogP contribution < -0.4 is 10.5 Å². The van der Waals surface area contributed by atoms with E-state index in [0.717, 1.165) is 16.9 Å². The second-order valence-corrected chi connectivity index (χ2v) is 4.62. The molecule has 0 saturated heterocycles. The van der Waals surface area contributed by atoms with Crippen LogP contribution in [0.2, 0.25) is 0 Å². The number of ether oxygens (including phenoxy) is 1. The minimum absolute atomic E-state index is 0.0456. The average molecular weight is 221 g/mol. The van der Waals surface area contributed by atoms with E-state index in [4.69, 9.17) is 10.5 Å². The van der Waals surface area contributed by atoms with Gasteiger partial charge in [0.05, 0.1) is 12.6 Å². The Balaban J connectivity index is 3.28. The van der Waals surface area contributed by atoms with E-state index in [1.165, 1.54) is 0 Å². The third kappa shape index (κ3) is 2.25. The maximum absolute atomic E-state index is 12.1. The van der Waals surface area contributed by atoms with Crippen molar-refractivity contribution in [3.63, 3.8) is 0 Å². The van der Waals surface area contributed by atoms with Gasteiger partial charge in [0.1, 0.15) is 5.75 Å². The van der Waals surface area contributed by atoms with E-state index in [0.29, 0.717) is 5.56 Å². The van der Waals surface area contributed by atoms with E-state index < -0.39 is 5.54 Å². The van der Waals surface area contributed by atoms with E-state index in [9.17, 15) is 4.79 Å². The lowest BCUT2D eigenvalue weighted by Crippen LogP contribution is -2.41. The molecule has 0 fully saturated rings. The topological polar surface area (TPSA) is 52.3 Å². The lowest BCUT2D eigenvalue weighted by molar-refractivity contribution is 0.0913. The molecule has 2 N–H and O–H groups in total. The summed E-state index contributed by atoms with van der Waals surface area (Å²) >= 11 is 0. The summed E-state index contributed by atoms with van der Waals surface area (Å²) in [6.45, 7) is 7.29. The molecular formula is C13H19NO2. The van der Waals surface area contributed by atoms with Gasteiger partial charge in [0.2, 0.25) is 0 Å². The van der Waals surface area contributed by atoms with Crippen molar-refractivity contribution in [2.75, 3.05) is 7.11 Å². The van der Waals surface area contributed by atoms with Crippen LogP contribution in [0.5, 0.6) is 5.75 Å². The van der Waals surface area contributed by atoms with Gasteiger partial charge in [-0.05, 0) is 51.0 Å². The predicted octanol–water partition coefficient (Wildman–Crippen LogP) is 2.23. The zero-order valence-electron chi connectivity index (χ0n) is 10.5. The van der Waals surface area contributed by atoms with Gasteiger partial charge in [0.25, 0.3) is 0 Å². The minimum atomic E-state index is -0.841. The molecule has 0 radical (unpaired) electrons. The van der Waals surface area contributed by atoms with Crippen molar-refractivity contribution < 1.29 is 9.53 Å². The van der Waals surface area contributed by atoms with Crippen molar-refractivity contribution >= 4 is 5.78 Å². The Morgan fingerprint density at radius 1 is 1.25 bits per heavy atom. The molecule has 3 heteroatoms. The van der Waals surface area contributed by atoms with E-state index >= 15 is 0 Å². The van der Waals surface area contributed by atoms with Gasteiger partial charge in [-0.2, -0.15) is 0 Å². The number of carbonyl (C=O) groups is 1. The molecule has 88 valence electrons. The highest BCUT2D eigenvalue weighted by Crippen LogP contribution is 2.25. The van der Waals surface area contributed by atoms with Crippen molar-refractivity contribution in [2.45, 2.75) is 33.2 Å². The summed E-state index contributed by atoms with van der Waals surface area (Å²) in [5.74, 6) is 0.750. The van der Waals surface area contributed by atoms with E-state index in [1.807, 2.05) is 13.8 Å². The molecule has 0 aliphatic heterocycles. The molecule has 0 bridgehead atoms. The highest BCUT2D eigenvalue weighted by atomic mass is 16.5. The smallest absolute Gasteiger partial charge is 0.182 e. The molecule has 0 spiro atoms. The van der Waals surface area contributed by atoms with Crippen LogP contribution in [0.1, 0.15) is 35.3 Å². The highest BCUT2D eigenvalue weighted by molar-refractivity contribution is 6.04. The van der Waals surface area contributed by atoms with Crippen molar-refractivity contribution in [3.05, 3.63) is 28.8 Å². The lowest BCUT2D eigenvalue weighted by atomic mass is 9.90. The van der Waals surface area contributed by atoms with Gasteiger partial charge in [-0.3, -0.25) is 4.79 Å². The SMILES string of the molecule is COc1ccc(C(=O)C(C)(C)N)c(C)c1C. The first-order valence-corrected chi connectivity index (χ1v) is 5.27. The molecule has 1 aromatic carbocycles. The minimum Gasteiger partial charge on any atom is -0.496 e. The third-order valence-electron chi connectivity index (χ3n) is 2.79. The van der Waals surface area contributed by atoms with Crippen molar-refractivity contribution in [1.29, 1.82) is 0 Å². The molecule has 3 nitrogen and oxygen atoms in total. The summed E-state index contributed by atoms with van der Waals surface area (Å²) in [6.07, 6.45) is 0. The third-order valence-corrected chi connectivity index (χ3v) is 2.79. The fourth-order valence-corrected chi connectivity index (χ4v) is 1.61. The molecule has 0 saturated carbocycles. The zero-order chi connectivity index (χ0) is 12.5. The maximum atomic E-state index is 12.1. The Hall–Kier alpha value is -1.35. The Morgan fingerprint density at radius 3 is 2.25 bits per heavy atom. The number of nitrogens with two attached hydrogens (primary N) is 1. The van der Waals surface area contributed by atoms with Crippen LogP contribution in [0.25, 0.3) is 0 Å². The molecule has 0 unspecified atom stereocenters. The molecule has 0 aromatic heterocycles. The molecular weight excluding hydrogens is 202 g/mol. The lowest BCUT2D eigenvalue weighted by Gasteiger charge is -2.19. The number of Topliss-reactive ketones (excluding diaryl/α,β-unsaturated/α-hetero) is 1. The number of ketones is 1. The van der Waals surface area contributed by atoms with Crippen molar-refractivity contribution in [1.82, 2.24) is 0 Å². The number of hydrogen-bond donors (Lipinski definition) is 1. The molecule has 16 heavy (non-hydrogen) atoms. The Labute approximate surface area is 96.6 Å². The Kier molecular flexibility index (Phi) is 3.38. The number of benzene rings is 1. The standard InChI is InChI=1S/C13H19NO2/c1-8-9(2)11(16-5)7-6-10(8)12(15)13(3,4)14/h6-7H,14H2,1-5H3. The summed E-state index contributed by atoms with van der Waals surface area (Å²) in [6, 6.07) is 3.58. The van der Waals surface area contributed by atoms with E-state index in [2.05, 4.69) is 0 Å². The predicted molar refractivity (Wildman–Crippen MR) is 65.1 cm³/mol. The van der Waals surface area contributed by atoms with Gasteiger partial charge >= 0.3 is 0 Å². The van der Waals surface area contributed by atoms with Gasteiger partial charge in [-0.15, -0.1) is 0 Å². The van der Waals surface area contributed by atoms with Gasteiger partial charge in [-0.25, -0.2) is 0 Å². The molecule has 1 rings (SSSR count). The molecule has 0 atom stereocenters. The first-order valence-electron chi connectivity index (χ1n) is 5.27. The van der Waals surface area contributed by atoms with Crippen LogP contribution >= 0.6 is 0 Å². The fourth-order valence-electron chi connectivity index (χ4n) is 1.61. The summed E-state index contributed by atoms with van der Waals surface area (Å²) in [5, 5.41) is 0. The van der Waals surface area contributed by atoms with E-state index in [-0.39, 0.29) is 5.78 Å². The summed E-state index contributed by atoms with van der Waals surface area (Å²) < 4.78 is 5.20. The summed E-state index contributed by atoms with van der Waals surface area (Å²) in [5.41, 5.74) is 7.57. The van der Waals surface area contributed by atoms with Crippen LogP contribution in [0.4, 0.5) is 0 Å². The zero-order valence-corrected chi connectivity index (χ0v) is 10.5. The van der Waals surface area contributed by atoms with Gasteiger partial charge in [0, 0.05) is 5.56 Å². The first kappa shape index (κ1) is 12.7. The highest BCUT2D eigenvalue weighted by Gasteiger charge is 2.25. The van der Waals surface area contributed by atoms with E-state index in [1.54, 1.807) is 33.1 Å². The monoisotopic (exact) mass is 221 g/mol. The second kappa shape index (κ2) is 4.26. The number of hydrogen-bond acceptors (Lipinski definition) is 3. The summed E-state index contributed by atoms with van der Waals surface area (Å²) in [4.78, 5) is 12.1. The molecule has 0 aliphatic carbocycles. The average Bonchev–Trinajstić information content (AvgIpc) is 2.20. The molecule has 0 amide bonds. The van der Waals surface area contributed by atoms with Crippen LogP contribution in [0.15, 0.2) is 12.1 Å². The number of carbonyl (C=O) groups excluding carboxylic acids is 1. The quantitative estimate of drug-likeness (QED) is 0.796. The Bertz CT molecular complexity index is 417. The fraction of sp³-hybridized carbons (Fsp3) is 0.462. The molecule has 0 heterocycles. The van der Waals surface area contributed by atoms with Crippen LogP contribution in [-0.2, 0) is 0 Å². The molecule has 1 aromatic rings. The Morgan fingerprint density at radius 2 is 1.81 bits per heavy atom. The summed E-state index contributed by atoms with van der Waals surface area (Å²) in [7, 11) is 1.62. The number of methoxy groups -OCH3 is 1. The van der Waals surface area contributed by atoms with Crippen LogP contribution in [0, 0.1) is 13.8 Å². The van der Waals surface area contributed by atoms with Crippen molar-refractivity contribution in [2.24, 2.45) is 5.73 Å². The van der Waals surface area contributed by atoms with Gasteiger partial charge in [0.15, 0.2) is 5.78 Å². The normalized spacial score (nSPS) is 11.4. The first-order chi connectivity index (χ1) is 7.29. The van der Waals surface area contributed by atoms with Gasteiger partial charge in [-0.1, -0.05) is 0 Å².